The van der Waals surface area contributed by atoms with Crippen LogP contribution in [0.15, 0.2) is 16.7 Å². The normalized spacial score (nSPS) is 12.9. The molecule has 1 atom stereocenters. The summed E-state index contributed by atoms with van der Waals surface area (Å²) in [6.45, 7) is 5.92. The van der Waals surface area contributed by atoms with Gasteiger partial charge >= 0.3 is 5.97 Å². The van der Waals surface area contributed by atoms with E-state index in [0.717, 1.165) is 18.5 Å². The van der Waals surface area contributed by atoms with Crippen molar-refractivity contribution in [3.8, 4) is 0 Å². The third-order valence-electron chi connectivity index (χ3n) is 3.29. The molecule has 0 radical (unpaired) electrons. The van der Waals surface area contributed by atoms with E-state index in [1.807, 2.05) is 0 Å². The molecule has 0 spiro atoms. The van der Waals surface area contributed by atoms with E-state index in [9.17, 15) is 4.79 Å². The molecule has 5 heteroatoms. The van der Waals surface area contributed by atoms with Gasteiger partial charge in [-0.3, -0.25) is 0 Å². The third kappa shape index (κ3) is 4.98. The van der Waals surface area contributed by atoms with E-state index in [1.54, 1.807) is 6.07 Å². The molecule has 0 aliphatic carbocycles. The third-order valence-corrected chi connectivity index (χ3v) is 3.29. The van der Waals surface area contributed by atoms with Crippen molar-refractivity contribution >= 4 is 5.97 Å². The highest BCUT2D eigenvalue weighted by Gasteiger charge is 2.17. The van der Waals surface area contributed by atoms with Crippen molar-refractivity contribution < 1.29 is 13.9 Å². The van der Waals surface area contributed by atoms with Crippen molar-refractivity contribution in [3.63, 3.8) is 0 Å². The van der Waals surface area contributed by atoms with Crippen molar-refractivity contribution in [2.24, 2.45) is 5.92 Å². The van der Waals surface area contributed by atoms with Gasteiger partial charge in [0.2, 0.25) is 5.76 Å². The van der Waals surface area contributed by atoms with Gasteiger partial charge in [0.05, 0.1) is 13.4 Å². The van der Waals surface area contributed by atoms with Gasteiger partial charge in [-0.25, -0.2) is 4.79 Å². The van der Waals surface area contributed by atoms with E-state index in [1.165, 1.54) is 13.4 Å². The van der Waals surface area contributed by atoms with Gasteiger partial charge < -0.3 is 19.4 Å². The summed E-state index contributed by atoms with van der Waals surface area (Å²) < 4.78 is 9.85. The van der Waals surface area contributed by atoms with Gasteiger partial charge in [0.25, 0.3) is 0 Å². The average Bonchev–Trinajstić information content (AvgIpc) is 2.84. The molecule has 1 aromatic heterocycles. The molecule has 0 amide bonds. The maximum absolute atomic E-state index is 11.5. The lowest BCUT2D eigenvalue weighted by Crippen LogP contribution is -2.38. The molecule has 0 aliphatic heterocycles. The fraction of sp³-hybridized carbons (Fsp3) is 0.667. The van der Waals surface area contributed by atoms with Gasteiger partial charge in [-0.2, -0.15) is 0 Å². The van der Waals surface area contributed by atoms with Crippen LogP contribution in [-0.2, 0) is 11.3 Å². The Morgan fingerprint density at radius 1 is 1.45 bits per heavy atom. The largest absolute Gasteiger partial charge is 0.463 e. The molecule has 0 saturated heterocycles. The Bertz CT molecular complexity index is 413. The minimum Gasteiger partial charge on any atom is -0.463 e. The number of rotatable bonds is 8. The van der Waals surface area contributed by atoms with Crippen LogP contribution in [0.1, 0.15) is 36.4 Å². The van der Waals surface area contributed by atoms with Gasteiger partial charge in [0.15, 0.2) is 0 Å². The first-order valence-electron chi connectivity index (χ1n) is 6.97. The number of likely N-dealkylation sites (N-methyl/N-ethyl adjacent to an activating group) is 1. The SMILES string of the molecule is COC(=O)c1occc1CNCC(CC(C)C)N(C)C. The van der Waals surface area contributed by atoms with Gasteiger partial charge in [0.1, 0.15) is 0 Å². The lowest BCUT2D eigenvalue weighted by atomic mass is 10.0. The van der Waals surface area contributed by atoms with Crippen molar-refractivity contribution in [1.82, 2.24) is 10.2 Å². The first kappa shape index (κ1) is 16.7. The predicted octanol–water partition coefficient (Wildman–Crippen LogP) is 2.13. The Hall–Kier alpha value is -1.33. The highest BCUT2D eigenvalue weighted by atomic mass is 16.5. The minimum absolute atomic E-state index is 0.283. The maximum atomic E-state index is 11.5. The summed E-state index contributed by atoms with van der Waals surface area (Å²) >= 11 is 0. The molecular weight excluding hydrogens is 256 g/mol. The Morgan fingerprint density at radius 2 is 2.15 bits per heavy atom. The number of nitrogens with one attached hydrogen (secondary N) is 1. The molecular formula is C15H26N2O3. The van der Waals surface area contributed by atoms with E-state index in [-0.39, 0.29) is 5.76 Å². The molecule has 20 heavy (non-hydrogen) atoms. The van der Waals surface area contributed by atoms with Crippen LogP contribution < -0.4 is 5.32 Å². The lowest BCUT2D eigenvalue weighted by molar-refractivity contribution is 0.0563. The first-order valence-corrected chi connectivity index (χ1v) is 6.97. The molecule has 0 bridgehead atoms. The summed E-state index contributed by atoms with van der Waals surface area (Å²) in [5.41, 5.74) is 0.832. The Labute approximate surface area is 121 Å². The molecule has 0 saturated carbocycles. The topological polar surface area (TPSA) is 54.7 Å². The summed E-state index contributed by atoms with van der Waals surface area (Å²) in [6, 6.07) is 2.27. The van der Waals surface area contributed by atoms with Gasteiger partial charge in [0, 0.05) is 24.7 Å². The number of nitrogens with zero attached hydrogens (tertiary/aromatic N) is 1. The second kappa shape index (κ2) is 8.07. The van der Waals surface area contributed by atoms with E-state index in [4.69, 9.17) is 4.42 Å². The van der Waals surface area contributed by atoms with Crippen LogP contribution >= 0.6 is 0 Å². The summed E-state index contributed by atoms with van der Waals surface area (Å²) in [4.78, 5) is 13.7. The molecule has 1 N–H and O–H groups in total. The standard InChI is InChI=1S/C15H26N2O3/c1-11(2)8-13(17(3)4)10-16-9-12-6-7-20-14(12)15(18)19-5/h6-7,11,13,16H,8-10H2,1-5H3. The summed E-state index contributed by atoms with van der Waals surface area (Å²) in [6.07, 6.45) is 2.65. The Morgan fingerprint density at radius 3 is 2.70 bits per heavy atom. The first-order chi connectivity index (χ1) is 9.45. The summed E-state index contributed by atoms with van der Waals surface area (Å²) in [5.74, 6) is 0.507. The number of ether oxygens (including phenoxy) is 1. The second-order valence-corrected chi connectivity index (χ2v) is 5.64. The zero-order valence-corrected chi connectivity index (χ0v) is 13.1. The second-order valence-electron chi connectivity index (χ2n) is 5.64. The minimum atomic E-state index is -0.432. The Balaban J connectivity index is 2.51. The van der Waals surface area contributed by atoms with E-state index in [0.29, 0.717) is 18.5 Å². The average molecular weight is 282 g/mol. The number of carbonyl (C=O) groups excluding carboxylic acids is 1. The molecule has 1 rings (SSSR count). The molecule has 1 aromatic rings. The number of furan rings is 1. The maximum Gasteiger partial charge on any atom is 0.374 e. The summed E-state index contributed by atoms with van der Waals surface area (Å²) in [7, 11) is 5.53. The van der Waals surface area contributed by atoms with Crippen LogP contribution in [0.3, 0.4) is 0 Å². The number of hydrogen-bond donors (Lipinski definition) is 1. The van der Waals surface area contributed by atoms with Gasteiger partial charge in [-0.1, -0.05) is 13.8 Å². The van der Waals surface area contributed by atoms with E-state index >= 15 is 0 Å². The molecule has 1 unspecified atom stereocenters. The Kier molecular flexibility index (Phi) is 6.75. The van der Waals surface area contributed by atoms with E-state index < -0.39 is 5.97 Å². The molecule has 114 valence electrons. The van der Waals surface area contributed by atoms with Crippen LogP contribution in [0, 0.1) is 5.92 Å². The molecule has 0 fully saturated rings. The summed E-state index contributed by atoms with van der Waals surface area (Å²) in [5, 5.41) is 3.38. The van der Waals surface area contributed by atoms with Gasteiger partial charge in [-0.15, -0.1) is 0 Å². The quantitative estimate of drug-likeness (QED) is 0.740. The van der Waals surface area contributed by atoms with Crippen molar-refractivity contribution in [1.29, 1.82) is 0 Å². The van der Waals surface area contributed by atoms with Crippen molar-refractivity contribution in [3.05, 3.63) is 23.7 Å². The molecule has 0 aromatic carbocycles. The molecule has 1 heterocycles. The zero-order valence-electron chi connectivity index (χ0n) is 13.1. The van der Waals surface area contributed by atoms with Crippen LogP contribution in [-0.4, -0.2) is 44.7 Å². The highest BCUT2D eigenvalue weighted by Crippen LogP contribution is 2.12. The van der Waals surface area contributed by atoms with Gasteiger partial charge in [-0.05, 0) is 32.5 Å². The molecule has 0 aliphatic rings. The smallest absolute Gasteiger partial charge is 0.374 e. The lowest BCUT2D eigenvalue weighted by Gasteiger charge is -2.26. The monoisotopic (exact) mass is 282 g/mol. The fourth-order valence-electron chi connectivity index (χ4n) is 2.14. The number of carbonyl (C=O) groups is 1. The zero-order chi connectivity index (χ0) is 15.1. The van der Waals surface area contributed by atoms with E-state index in [2.05, 4.69) is 42.9 Å². The predicted molar refractivity (Wildman–Crippen MR) is 78.7 cm³/mol. The van der Waals surface area contributed by atoms with Crippen LogP contribution in [0.5, 0.6) is 0 Å². The van der Waals surface area contributed by atoms with Crippen molar-refractivity contribution in [2.45, 2.75) is 32.9 Å². The number of hydrogen-bond acceptors (Lipinski definition) is 5. The number of methoxy groups -OCH3 is 1. The van der Waals surface area contributed by atoms with Crippen LogP contribution in [0.2, 0.25) is 0 Å². The highest BCUT2D eigenvalue weighted by molar-refractivity contribution is 5.87. The van der Waals surface area contributed by atoms with Crippen molar-refractivity contribution in [2.75, 3.05) is 27.7 Å². The number of esters is 1. The van der Waals surface area contributed by atoms with Crippen LogP contribution in [0.4, 0.5) is 0 Å². The molecule has 5 nitrogen and oxygen atoms in total. The van der Waals surface area contributed by atoms with Crippen LogP contribution in [0.25, 0.3) is 0 Å². The fourth-order valence-corrected chi connectivity index (χ4v) is 2.14.